The average molecular weight is 216 g/mol. The van der Waals surface area contributed by atoms with E-state index in [4.69, 9.17) is 0 Å². The minimum Gasteiger partial charge on any atom is -0.0882 e. The average Bonchev–Trinajstić information content (AvgIpc) is 2.32. The topological polar surface area (TPSA) is 0 Å². The molecule has 0 bridgehead atoms. The Kier molecular flexibility index (Phi) is 5.92. The van der Waals surface area contributed by atoms with Gasteiger partial charge in [-0.05, 0) is 48.8 Å². The van der Waals surface area contributed by atoms with Gasteiger partial charge in [0.05, 0.1) is 0 Å². The second-order valence-electron chi connectivity index (χ2n) is 4.01. The summed E-state index contributed by atoms with van der Waals surface area (Å²) in [6.07, 6.45) is 10.6. The first-order valence-corrected chi connectivity index (χ1v) is 6.66. The van der Waals surface area contributed by atoms with Crippen molar-refractivity contribution in [2.45, 2.75) is 52.9 Å². The fraction of sp³-hybridized carbons (Fsp3) is 0.500. The lowest BCUT2D eigenvalue weighted by Crippen LogP contribution is -1.98. The van der Waals surface area contributed by atoms with Crippen LogP contribution in [0.25, 0.3) is 0 Å². The van der Waals surface area contributed by atoms with Crippen LogP contribution in [-0.4, -0.2) is 0 Å². The van der Waals surface area contributed by atoms with Gasteiger partial charge in [-0.1, -0.05) is 51.1 Å². The molecule has 0 saturated heterocycles. The standard InChI is InChI=1S/C14H18.C2H6/c1-2-12-9-10-13-7-5-3-4-6-8-14(13)11-12;1-2/h3-4,9-11H,2,5-8H2,1H3;1-2H3/b4-3-;. The van der Waals surface area contributed by atoms with Gasteiger partial charge in [0, 0.05) is 0 Å². The summed E-state index contributed by atoms with van der Waals surface area (Å²) in [4.78, 5) is 0. The van der Waals surface area contributed by atoms with Crippen molar-refractivity contribution in [2.24, 2.45) is 0 Å². The first-order chi connectivity index (χ1) is 7.90. The predicted molar refractivity (Wildman–Crippen MR) is 73.0 cm³/mol. The van der Waals surface area contributed by atoms with E-state index in [2.05, 4.69) is 37.3 Å². The van der Waals surface area contributed by atoms with Crippen LogP contribution in [0.3, 0.4) is 0 Å². The summed E-state index contributed by atoms with van der Waals surface area (Å²) < 4.78 is 0. The monoisotopic (exact) mass is 216 g/mol. The minimum absolute atomic E-state index is 1.16. The van der Waals surface area contributed by atoms with Crippen molar-refractivity contribution in [3.05, 3.63) is 47.0 Å². The highest BCUT2D eigenvalue weighted by molar-refractivity contribution is 5.33. The summed E-state index contributed by atoms with van der Waals surface area (Å²) in [5.74, 6) is 0. The lowest BCUT2D eigenvalue weighted by atomic mass is 9.94. The SMILES string of the molecule is CC.CCc1ccc2c(c1)CC/C=C\CC2. The lowest BCUT2D eigenvalue weighted by Gasteiger charge is -2.11. The Morgan fingerprint density at radius 1 is 0.938 bits per heavy atom. The highest BCUT2D eigenvalue weighted by atomic mass is 14.1. The summed E-state index contributed by atoms with van der Waals surface area (Å²) in [7, 11) is 0. The smallest absolute Gasteiger partial charge is 0.0241 e. The summed E-state index contributed by atoms with van der Waals surface area (Å²) in [5, 5.41) is 0. The molecule has 0 nitrogen and oxygen atoms in total. The van der Waals surface area contributed by atoms with E-state index in [1.54, 1.807) is 11.1 Å². The van der Waals surface area contributed by atoms with Crippen molar-refractivity contribution >= 4 is 0 Å². The van der Waals surface area contributed by atoms with Crippen LogP contribution >= 0.6 is 0 Å². The minimum atomic E-state index is 1.16. The molecular formula is C16H24. The normalized spacial score (nSPS) is 16.2. The molecule has 1 aliphatic rings. The number of allylic oxidation sites excluding steroid dienone is 2. The van der Waals surface area contributed by atoms with Crippen LogP contribution in [-0.2, 0) is 19.3 Å². The number of aryl methyl sites for hydroxylation is 3. The molecule has 0 aromatic heterocycles. The van der Waals surface area contributed by atoms with Crippen LogP contribution in [0.2, 0.25) is 0 Å². The van der Waals surface area contributed by atoms with Gasteiger partial charge in [0.2, 0.25) is 0 Å². The van der Waals surface area contributed by atoms with E-state index in [9.17, 15) is 0 Å². The maximum absolute atomic E-state index is 2.40. The molecule has 0 amide bonds. The van der Waals surface area contributed by atoms with Gasteiger partial charge in [0.25, 0.3) is 0 Å². The maximum atomic E-state index is 2.40. The Hall–Kier alpha value is -1.04. The first kappa shape index (κ1) is 13.0. The Morgan fingerprint density at radius 3 is 2.19 bits per heavy atom. The molecule has 2 rings (SSSR count). The molecule has 1 aliphatic carbocycles. The molecule has 0 saturated carbocycles. The van der Waals surface area contributed by atoms with Gasteiger partial charge >= 0.3 is 0 Å². The highest BCUT2D eigenvalue weighted by Crippen LogP contribution is 2.18. The number of hydrogen-bond donors (Lipinski definition) is 0. The van der Waals surface area contributed by atoms with Crippen LogP contribution in [0.15, 0.2) is 30.4 Å². The molecule has 0 heterocycles. The Morgan fingerprint density at radius 2 is 1.56 bits per heavy atom. The fourth-order valence-corrected chi connectivity index (χ4v) is 2.09. The van der Waals surface area contributed by atoms with Gasteiger partial charge in [0.15, 0.2) is 0 Å². The van der Waals surface area contributed by atoms with Gasteiger partial charge in [-0.3, -0.25) is 0 Å². The Labute approximate surface area is 100 Å². The fourth-order valence-electron chi connectivity index (χ4n) is 2.09. The van der Waals surface area contributed by atoms with Crippen LogP contribution in [0.4, 0.5) is 0 Å². The Bertz CT molecular complexity index is 334. The summed E-state index contributed by atoms with van der Waals surface area (Å²) in [6, 6.07) is 7.01. The Balaban J connectivity index is 0.000000606. The number of fused-ring (bicyclic) bond motifs is 1. The molecule has 16 heavy (non-hydrogen) atoms. The van der Waals surface area contributed by atoms with Crippen LogP contribution in [0.5, 0.6) is 0 Å². The molecule has 0 heteroatoms. The molecule has 0 atom stereocenters. The van der Waals surface area contributed by atoms with Crippen molar-refractivity contribution in [1.82, 2.24) is 0 Å². The van der Waals surface area contributed by atoms with E-state index in [0.29, 0.717) is 0 Å². The third kappa shape index (κ3) is 3.52. The molecule has 0 fully saturated rings. The molecule has 0 aliphatic heterocycles. The quantitative estimate of drug-likeness (QED) is 0.596. The zero-order valence-corrected chi connectivity index (χ0v) is 10.9. The third-order valence-electron chi connectivity index (χ3n) is 3.01. The van der Waals surface area contributed by atoms with Crippen LogP contribution in [0, 0.1) is 0 Å². The lowest BCUT2D eigenvalue weighted by molar-refractivity contribution is 0.887. The number of hydrogen-bond acceptors (Lipinski definition) is 0. The van der Waals surface area contributed by atoms with Gasteiger partial charge in [0.1, 0.15) is 0 Å². The number of benzene rings is 1. The van der Waals surface area contributed by atoms with Crippen LogP contribution in [0.1, 0.15) is 50.3 Å². The predicted octanol–water partition coefficient (Wildman–Crippen LogP) is 4.71. The van der Waals surface area contributed by atoms with Crippen molar-refractivity contribution in [3.63, 3.8) is 0 Å². The van der Waals surface area contributed by atoms with Crippen molar-refractivity contribution in [1.29, 1.82) is 0 Å². The summed E-state index contributed by atoms with van der Waals surface area (Å²) in [6.45, 7) is 6.23. The van der Waals surface area contributed by atoms with Gasteiger partial charge in [-0.2, -0.15) is 0 Å². The summed E-state index contributed by atoms with van der Waals surface area (Å²) in [5.41, 5.74) is 4.62. The second-order valence-corrected chi connectivity index (χ2v) is 4.01. The van der Waals surface area contributed by atoms with E-state index in [0.717, 1.165) is 6.42 Å². The van der Waals surface area contributed by atoms with Gasteiger partial charge < -0.3 is 0 Å². The van der Waals surface area contributed by atoms with Gasteiger partial charge in [-0.25, -0.2) is 0 Å². The second kappa shape index (κ2) is 7.27. The number of rotatable bonds is 1. The van der Waals surface area contributed by atoms with E-state index in [1.807, 2.05) is 13.8 Å². The third-order valence-corrected chi connectivity index (χ3v) is 3.01. The molecule has 0 spiro atoms. The maximum Gasteiger partial charge on any atom is -0.0241 e. The largest absolute Gasteiger partial charge is 0.0882 e. The zero-order chi connectivity index (χ0) is 11.8. The molecule has 1 aromatic rings. The van der Waals surface area contributed by atoms with Crippen molar-refractivity contribution in [2.75, 3.05) is 0 Å². The summed E-state index contributed by atoms with van der Waals surface area (Å²) >= 11 is 0. The molecular weight excluding hydrogens is 192 g/mol. The van der Waals surface area contributed by atoms with E-state index in [1.165, 1.54) is 31.2 Å². The molecule has 1 aromatic carbocycles. The first-order valence-electron chi connectivity index (χ1n) is 6.66. The van der Waals surface area contributed by atoms with Crippen molar-refractivity contribution in [3.8, 4) is 0 Å². The van der Waals surface area contributed by atoms with E-state index in [-0.39, 0.29) is 0 Å². The zero-order valence-electron chi connectivity index (χ0n) is 10.9. The molecule has 0 unspecified atom stereocenters. The van der Waals surface area contributed by atoms with Crippen LogP contribution < -0.4 is 0 Å². The molecule has 0 radical (unpaired) electrons. The highest BCUT2D eigenvalue weighted by Gasteiger charge is 2.04. The van der Waals surface area contributed by atoms with E-state index < -0.39 is 0 Å². The molecule has 88 valence electrons. The van der Waals surface area contributed by atoms with Crippen molar-refractivity contribution < 1.29 is 0 Å². The van der Waals surface area contributed by atoms with Gasteiger partial charge in [-0.15, -0.1) is 0 Å². The van der Waals surface area contributed by atoms with E-state index >= 15 is 0 Å². The molecule has 0 N–H and O–H groups in total.